The fourth-order valence-corrected chi connectivity index (χ4v) is 5.61. The molecule has 1 fully saturated rings. The first-order valence-corrected chi connectivity index (χ1v) is 15.2. The molecule has 8 nitrogen and oxygen atoms in total. The Balaban J connectivity index is 0.00000676. The van der Waals surface area contributed by atoms with Crippen LogP contribution in [0.1, 0.15) is 47.6 Å². The third kappa shape index (κ3) is 10.6. The molecule has 3 aromatic rings. The van der Waals surface area contributed by atoms with Gasteiger partial charge in [-0.2, -0.15) is 39.5 Å². The van der Waals surface area contributed by atoms with Crippen molar-refractivity contribution >= 4 is 52.8 Å². The Morgan fingerprint density at radius 1 is 0.860 bits per heavy atom. The molecule has 0 radical (unpaired) electrons. The van der Waals surface area contributed by atoms with E-state index in [1.165, 1.54) is 30.5 Å². The Hall–Kier alpha value is -3.28. The molecule has 0 spiro atoms. The predicted molar refractivity (Wildman–Crippen MR) is 169 cm³/mol. The molecule has 2 heterocycles. The molecule has 0 aliphatic carbocycles. The summed E-state index contributed by atoms with van der Waals surface area (Å²) in [7, 11) is 1.45. The van der Waals surface area contributed by atoms with E-state index in [0.717, 1.165) is 12.1 Å². The Kier molecular flexibility index (Phi) is 13.8. The Labute approximate surface area is 304 Å². The van der Waals surface area contributed by atoms with Gasteiger partial charge in [-0.05, 0) is 67.3 Å². The van der Waals surface area contributed by atoms with Crippen molar-refractivity contribution in [1.29, 1.82) is 0 Å². The molecule has 0 unspecified atom stereocenters. The normalized spacial score (nSPS) is 14.3. The molecule has 0 bridgehead atoms. The summed E-state index contributed by atoms with van der Waals surface area (Å²) in [6.45, 7) is 2.28. The number of aliphatic carboxylic acids is 1. The van der Waals surface area contributed by atoms with E-state index in [1.807, 2.05) is 4.90 Å². The maximum absolute atomic E-state index is 13.9. The SMILES string of the molecule is CCN(CCOC)c1ccc(C(F)(F)F)cc1CN(Cc1cc(C(F)(F)F)cc(C(F)(F)F)c1)c1ncc(N2CCC(C(=O)O)CC2)cn1.[NaH]. The van der Waals surface area contributed by atoms with Gasteiger partial charge in [0.2, 0.25) is 5.95 Å². The molecule has 2 aromatic carbocycles. The van der Waals surface area contributed by atoms with Gasteiger partial charge in [-0.1, -0.05) is 0 Å². The average molecular weight is 732 g/mol. The second-order valence-electron chi connectivity index (χ2n) is 11.5. The van der Waals surface area contributed by atoms with E-state index < -0.39 is 65.8 Å². The summed E-state index contributed by atoms with van der Waals surface area (Å²) < 4.78 is 129. The molecule has 0 amide bonds. The van der Waals surface area contributed by atoms with E-state index in [1.54, 1.807) is 11.8 Å². The fourth-order valence-electron chi connectivity index (χ4n) is 5.61. The van der Waals surface area contributed by atoms with Crippen molar-refractivity contribution in [1.82, 2.24) is 9.97 Å². The van der Waals surface area contributed by atoms with Gasteiger partial charge in [0, 0.05) is 52.1 Å². The topological polar surface area (TPSA) is 82.0 Å². The van der Waals surface area contributed by atoms with Gasteiger partial charge in [0.25, 0.3) is 0 Å². The van der Waals surface area contributed by atoms with Crippen LogP contribution in [0.15, 0.2) is 48.8 Å². The van der Waals surface area contributed by atoms with Crippen LogP contribution in [-0.4, -0.2) is 90.5 Å². The number of ether oxygens (including phenoxy) is 1. The molecule has 1 aliphatic heterocycles. The summed E-state index contributed by atoms with van der Waals surface area (Å²) in [6, 6.07) is 4.12. The van der Waals surface area contributed by atoms with E-state index in [4.69, 9.17) is 4.74 Å². The molecule has 1 aliphatic rings. The van der Waals surface area contributed by atoms with Crippen molar-refractivity contribution in [2.75, 3.05) is 54.6 Å². The number of benzene rings is 2. The minimum absolute atomic E-state index is 0. The first kappa shape index (κ1) is 41.1. The van der Waals surface area contributed by atoms with Crippen LogP contribution >= 0.6 is 0 Å². The fraction of sp³-hybridized carbons (Fsp3) is 0.469. The number of carboxylic acid groups (broad SMARTS) is 1. The number of alkyl halides is 9. The number of aromatic nitrogens is 2. The van der Waals surface area contributed by atoms with E-state index in [-0.39, 0.29) is 60.3 Å². The number of hydrogen-bond acceptors (Lipinski definition) is 7. The summed E-state index contributed by atoms with van der Waals surface area (Å²) in [4.78, 5) is 24.7. The minimum atomic E-state index is -5.12. The van der Waals surface area contributed by atoms with Crippen molar-refractivity contribution in [2.45, 2.75) is 51.4 Å². The second-order valence-corrected chi connectivity index (χ2v) is 11.5. The summed E-state index contributed by atoms with van der Waals surface area (Å²) in [5.41, 5.74) is -3.62. The zero-order chi connectivity index (χ0) is 36.1. The van der Waals surface area contributed by atoms with Crippen LogP contribution in [0.25, 0.3) is 0 Å². The summed E-state index contributed by atoms with van der Waals surface area (Å²) in [5, 5.41) is 9.29. The monoisotopic (exact) mass is 731 g/mol. The van der Waals surface area contributed by atoms with Crippen LogP contribution in [0, 0.1) is 5.92 Å². The van der Waals surface area contributed by atoms with Gasteiger partial charge in [0.05, 0.1) is 47.3 Å². The molecule has 1 saturated heterocycles. The quantitative estimate of drug-likeness (QED) is 0.160. The van der Waals surface area contributed by atoms with Gasteiger partial charge in [-0.25, -0.2) is 9.97 Å². The first-order chi connectivity index (χ1) is 22.9. The maximum atomic E-state index is 13.9. The van der Waals surface area contributed by atoms with E-state index in [9.17, 15) is 49.4 Å². The summed E-state index contributed by atoms with van der Waals surface area (Å²) >= 11 is 0. The van der Waals surface area contributed by atoms with Crippen LogP contribution < -0.4 is 14.7 Å². The Morgan fingerprint density at radius 3 is 1.90 bits per heavy atom. The van der Waals surface area contributed by atoms with Crippen LogP contribution in [0.4, 0.5) is 56.8 Å². The number of likely N-dealkylation sites (N-methyl/N-ethyl adjacent to an activating group) is 1. The summed E-state index contributed by atoms with van der Waals surface area (Å²) in [5.74, 6) is -1.60. The molecule has 270 valence electrons. The van der Waals surface area contributed by atoms with Crippen LogP contribution in [0.5, 0.6) is 0 Å². The van der Waals surface area contributed by atoms with Gasteiger partial charge in [-0.3, -0.25) is 4.79 Å². The number of piperidine rings is 1. The van der Waals surface area contributed by atoms with Crippen LogP contribution in [0.2, 0.25) is 0 Å². The third-order valence-electron chi connectivity index (χ3n) is 8.19. The zero-order valence-electron chi connectivity index (χ0n) is 26.5. The van der Waals surface area contributed by atoms with Crippen molar-refractivity contribution in [3.05, 3.63) is 76.6 Å². The second kappa shape index (κ2) is 16.8. The molecule has 18 heteroatoms. The van der Waals surface area contributed by atoms with Crippen molar-refractivity contribution in [3.63, 3.8) is 0 Å². The number of rotatable bonds is 12. The number of halogens is 9. The number of nitrogens with zero attached hydrogens (tertiary/aromatic N) is 5. The van der Waals surface area contributed by atoms with Crippen molar-refractivity contribution < 1.29 is 54.2 Å². The first-order valence-electron chi connectivity index (χ1n) is 15.2. The van der Waals surface area contributed by atoms with Crippen LogP contribution in [-0.2, 0) is 41.1 Å². The summed E-state index contributed by atoms with van der Waals surface area (Å²) in [6.07, 6.45) is -11.5. The molecule has 0 atom stereocenters. The van der Waals surface area contributed by atoms with E-state index in [2.05, 4.69) is 9.97 Å². The van der Waals surface area contributed by atoms with Crippen molar-refractivity contribution in [2.24, 2.45) is 5.92 Å². The van der Waals surface area contributed by atoms with Gasteiger partial charge < -0.3 is 24.5 Å². The Bertz CT molecular complexity index is 1550. The molecule has 50 heavy (non-hydrogen) atoms. The zero-order valence-corrected chi connectivity index (χ0v) is 26.5. The number of anilines is 3. The van der Waals surface area contributed by atoms with Crippen LogP contribution in [0.3, 0.4) is 0 Å². The molecular formula is C32H35F9N5NaO3. The standard InChI is InChI=1S/C32H34F9N5O3.Na.H/c1-3-44(10-11-49-2)27-5-4-23(30(33,34)35)14-22(27)19-46(18-20-12-24(31(36,37)38)15-25(13-20)32(39,40)41)29-42-16-26(17-43-29)45-8-6-21(7-9-45)28(47)48;;/h4-5,12-17,21H,3,6-11,18-19H2,1-2H3,(H,47,48);;. The molecular weight excluding hydrogens is 696 g/mol. The average Bonchev–Trinajstić information content (AvgIpc) is 3.04. The predicted octanol–water partition coefficient (Wildman–Crippen LogP) is 6.87. The number of methoxy groups -OCH3 is 1. The number of carbonyl (C=O) groups is 1. The van der Waals surface area contributed by atoms with Crippen molar-refractivity contribution in [3.8, 4) is 0 Å². The van der Waals surface area contributed by atoms with Gasteiger partial charge in [0.15, 0.2) is 0 Å². The third-order valence-corrected chi connectivity index (χ3v) is 8.19. The molecule has 0 saturated carbocycles. The number of carboxylic acids is 1. The van der Waals surface area contributed by atoms with Gasteiger partial charge >= 0.3 is 54.1 Å². The Morgan fingerprint density at radius 2 is 1.42 bits per heavy atom. The van der Waals surface area contributed by atoms with Gasteiger partial charge in [-0.15, -0.1) is 0 Å². The van der Waals surface area contributed by atoms with Gasteiger partial charge in [0.1, 0.15) is 0 Å². The van der Waals surface area contributed by atoms with E-state index >= 15 is 0 Å². The van der Waals surface area contributed by atoms with E-state index in [0.29, 0.717) is 56.0 Å². The molecule has 4 rings (SSSR count). The molecule has 1 N–H and O–H groups in total. The molecule has 1 aromatic heterocycles. The number of hydrogen-bond donors (Lipinski definition) is 1.